The lowest BCUT2D eigenvalue weighted by molar-refractivity contribution is 0.307. The van der Waals surface area contributed by atoms with Gasteiger partial charge < -0.3 is 15.4 Å². The van der Waals surface area contributed by atoms with E-state index in [9.17, 15) is 0 Å². The summed E-state index contributed by atoms with van der Waals surface area (Å²) in [6.45, 7) is 4.47. The minimum atomic E-state index is 0.721. The maximum absolute atomic E-state index is 5.90. The minimum Gasteiger partial charge on any atom is -0.495 e. The van der Waals surface area contributed by atoms with Gasteiger partial charge in [0.1, 0.15) is 5.75 Å². The van der Waals surface area contributed by atoms with E-state index in [1.165, 1.54) is 18.5 Å². The van der Waals surface area contributed by atoms with Crippen LogP contribution in [-0.4, -0.2) is 25.6 Å². The molecule has 0 aromatic heterocycles. The third kappa shape index (κ3) is 3.13. The number of hydrogen-bond acceptors (Lipinski definition) is 3. The Morgan fingerprint density at radius 1 is 1.47 bits per heavy atom. The Labute approximate surface area is 104 Å². The SMILES string of the molecule is COc1ccc(CN(C)CC2CC2C)cc1N. The summed E-state index contributed by atoms with van der Waals surface area (Å²) in [5.74, 6) is 2.57. The fourth-order valence-corrected chi connectivity index (χ4v) is 2.31. The van der Waals surface area contributed by atoms with Crippen LogP contribution in [0.15, 0.2) is 18.2 Å². The molecule has 0 saturated heterocycles. The zero-order chi connectivity index (χ0) is 12.4. The maximum atomic E-state index is 5.90. The highest BCUT2D eigenvalue weighted by molar-refractivity contribution is 5.54. The molecule has 1 aliphatic carbocycles. The van der Waals surface area contributed by atoms with Crippen LogP contribution in [0.5, 0.6) is 5.75 Å². The molecule has 2 unspecified atom stereocenters. The van der Waals surface area contributed by atoms with Crippen molar-refractivity contribution < 1.29 is 4.74 Å². The largest absolute Gasteiger partial charge is 0.495 e. The van der Waals surface area contributed by atoms with Crippen molar-refractivity contribution in [1.29, 1.82) is 0 Å². The number of ether oxygens (including phenoxy) is 1. The lowest BCUT2D eigenvalue weighted by Gasteiger charge is -2.17. The van der Waals surface area contributed by atoms with Crippen molar-refractivity contribution in [2.45, 2.75) is 19.9 Å². The van der Waals surface area contributed by atoms with Gasteiger partial charge >= 0.3 is 0 Å². The summed E-state index contributed by atoms with van der Waals surface area (Å²) in [5.41, 5.74) is 7.87. The van der Waals surface area contributed by atoms with Crippen molar-refractivity contribution in [2.24, 2.45) is 11.8 Å². The maximum Gasteiger partial charge on any atom is 0.141 e. The average molecular weight is 234 g/mol. The molecule has 3 heteroatoms. The molecule has 1 aliphatic rings. The Bertz CT molecular complexity index is 392. The Kier molecular flexibility index (Phi) is 3.57. The summed E-state index contributed by atoms with van der Waals surface area (Å²) < 4.78 is 5.15. The van der Waals surface area contributed by atoms with Crippen molar-refractivity contribution in [3.05, 3.63) is 23.8 Å². The van der Waals surface area contributed by atoms with Crippen LogP contribution in [0.4, 0.5) is 5.69 Å². The van der Waals surface area contributed by atoms with Gasteiger partial charge in [-0.15, -0.1) is 0 Å². The highest BCUT2D eigenvalue weighted by atomic mass is 16.5. The molecule has 3 nitrogen and oxygen atoms in total. The van der Waals surface area contributed by atoms with Gasteiger partial charge in [0, 0.05) is 13.1 Å². The highest BCUT2D eigenvalue weighted by Gasteiger charge is 2.32. The molecule has 0 spiro atoms. The first-order valence-electron chi connectivity index (χ1n) is 6.21. The molecule has 2 rings (SSSR count). The predicted octanol–water partition coefficient (Wildman–Crippen LogP) is 2.37. The molecule has 0 amide bonds. The van der Waals surface area contributed by atoms with E-state index in [0.717, 1.165) is 29.8 Å². The second kappa shape index (κ2) is 4.96. The van der Waals surface area contributed by atoms with Gasteiger partial charge in [-0.25, -0.2) is 0 Å². The summed E-state index contributed by atoms with van der Waals surface area (Å²) in [7, 11) is 3.82. The zero-order valence-electron chi connectivity index (χ0n) is 10.9. The summed E-state index contributed by atoms with van der Waals surface area (Å²) >= 11 is 0. The molecule has 1 aromatic carbocycles. The third-order valence-electron chi connectivity index (χ3n) is 3.57. The number of benzene rings is 1. The van der Waals surface area contributed by atoms with E-state index in [0.29, 0.717) is 0 Å². The fourth-order valence-electron chi connectivity index (χ4n) is 2.31. The summed E-state index contributed by atoms with van der Waals surface area (Å²) in [6, 6.07) is 6.03. The highest BCUT2D eigenvalue weighted by Crippen LogP contribution is 2.38. The fraction of sp³-hybridized carbons (Fsp3) is 0.571. The number of nitrogens with two attached hydrogens (primary N) is 1. The van der Waals surface area contributed by atoms with Crippen LogP contribution < -0.4 is 10.5 Å². The van der Waals surface area contributed by atoms with Crippen LogP contribution in [0.2, 0.25) is 0 Å². The molecule has 1 fully saturated rings. The smallest absolute Gasteiger partial charge is 0.141 e. The van der Waals surface area contributed by atoms with E-state index in [1.54, 1.807) is 7.11 Å². The van der Waals surface area contributed by atoms with Crippen LogP contribution in [0, 0.1) is 11.8 Å². The first-order valence-corrected chi connectivity index (χ1v) is 6.21. The van der Waals surface area contributed by atoms with Crippen molar-refractivity contribution in [3.8, 4) is 5.75 Å². The van der Waals surface area contributed by atoms with Gasteiger partial charge in [0.05, 0.1) is 12.8 Å². The van der Waals surface area contributed by atoms with Gasteiger partial charge in [0.15, 0.2) is 0 Å². The second-order valence-corrected chi connectivity index (χ2v) is 5.25. The number of rotatable bonds is 5. The number of methoxy groups -OCH3 is 1. The van der Waals surface area contributed by atoms with Crippen LogP contribution in [0.25, 0.3) is 0 Å². The zero-order valence-corrected chi connectivity index (χ0v) is 10.9. The monoisotopic (exact) mass is 234 g/mol. The van der Waals surface area contributed by atoms with E-state index >= 15 is 0 Å². The van der Waals surface area contributed by atoms with Gasteiger partial charge in [0.2, 0.25) is 0 Å². The predicted molar refractivity (Wildman–Crippen MR) is 71.0 cm³/mol. The molecular weight excluding hydrogens is 212 g/mol. The third-order valence-corrected chi connectivity index (χ3v) is 3.57. The molecule has 1 saturated carbocycles. The first kappa shape index (κ1) is 12.2. The van der Waals surface area contributed by atoms with E-state index in [4.69, 9.17) is 10.5 Å². The van der Waals surface area contributed by atoms with Gasteiger partial charge in [-0.2, -0.15) is 0 Å². The normalized spacial score (nSPS) is 22.8. The van der Waals surface area contributed by atoms with Crippen molar-refractivity contribution in [2.75, 3.05) is 26.4 Å². The number of nitrogen functional groups attached to an aromatic ring is 1. The Morgan fingerprint density at radius 2 is 2.18 bits per heavy atom. The Balaban J connectivity index is 1.91. The molecule has 0 heterocycles. The van der Waals surface area contributed by atoms with E-state index in [1.807, 2.05) is 12.1 Å². The van der Waals surface area contributed by atoms with Gasteiger partial charge in [-0.05, 0) is 43.0 Å². The van der Waals surface area contributed by atoms with Gasteiger partial charge in [0.25, 0.3) is 0 Å². The summed E-state index contributed by atoms with van der Waals surface area (Å²) in [4.78, 5) is 2.37. The molecule has 1 aromatic rings. The molecular formula is C14H22N2O. The first-order chi connectivity index (χ1) is 8.10. The molecule has 0 radical (unpaired) electrons. The topological polar surface area (TPSA) is 38.5 Å². The van der Waals surface area contributed by atoms with E-state index in [-0.39, 0.29) is 0 Å². The van der Waals surface area contributed by atoms with Gasteiger partial charge in [-0.1, -0.05) is 13.0 Å². The van der Waals surface area contributed by atoms with Crippen molar-refractivity contribution in [1.82, 2.24) is 4.90 Å². The van der Waals surface area contributed by atoms with Crippen LogP contribution in [0.3, 0.4) is 0 Å². The van der Waals surface area contributed by atoms with E-state index < -0.39 is 0 Å². The number of nitrogens with zero attached hydrogens (tertiary/aromatic N) is 1. The number of anilines is 1. The summed E-state index contributed by atoms with van der Waals surface area (Å²) in [5, 5.41) is 0. The van der Waals surface area contributed by atoms with Crippen molar-refractivity contribution >= 4 is 5.69 Å². The minimum absolute atomic E-state index is 0.721. The van der Waals surface area contributed by atoms with Gasteiger partial charge in [-0.3, -0.25) is 0 Å². The molecule has 17 heavy (non-hydrogen) atoms. The Morgan fingerprint density at radius 3 is 2.71 bits per heavy atom. The average Bonchev–Trinajstić information content (AvgIpc) is 2.94. The lowest BCUT2D eigenvalue weighted by Crippen LogP contribution is -2.20. The molecule has 0 bridgehead atoms. The lowest BCUT2D eigenvalue weighted by atomic mass is 10.1. The number of hydrogen-bond donors (Lipinski definition) is 1. The quantitative estimate of drug-likeness (QED) is 0.795. The molecule has 0 aliphatic heterocycles. The molecule has 2 N–H and O–H groups in total. The van der Waals surface area contributed by atoms with Crippen LogP contribution in [-0.2, 0) is 6.54 Å². The van der Waals surface area contributed by atoms with Crippen molar-refractivity contribution in [3.63, 3.8) is 0 Å². The second-order valence-electron chi connectivity index (χ2n) is 5.25. The molecule has 94 valence electrons. The standard InChI is InChI=1S/C14H22N2O/c1-10-6-12(10)9-16(2)8-11-4-5-14(17-3)13(15)7-11/h4-5,7,10,12H,6,8-9,15H2,1-3H3. The van der Waals surface area contributed by atoms with E-state index in [2.05, 4.69) is 24.9 Å². The van der Waals surface area contributed by atoms with Crippen LogP contribution >= 0.6 is 0 Å². The summed E-state index contributed by atoms with van der Waals surface area (Å²) in [6.07, 6.45) is 1.38. The van der Waals surface area contributed by atoms with Crippen LogP contribution in [0.1, 0.15) is 18.9 Å². The molecule has 2 atom stereocenters. The Hall–Kier alpha value is -1.22.